The van der Waals surface area contributed by atoms with Crippen LogP contribution in [0.3, 0.4) is 0 Å². The van der Waals surface area contributed by atoms with Crippen molar-refractivity contribution in [3.8, 4) is 0 Å². The fourth-order valence-corrected chi connectivity index (χ4v) is 0.927. The van der Waals surface area contributed by atoms with Crippen LogP contribution < -0.4 is 0 Å². The lowest BCUT2D eigenvalue weighted by molar-refractivity contribution is -0.187. The van der Waals surface area contributed by atoms with Crippen LogP contribution in [0.15, 0.2) is 12.7 Å². The molecule has 66 valence electrons. The first-order valence-corrected chi connectivity index (χ1v) is 3.85. The third-order valence-electron chi connectivity index (χ3n) is 1.55. The molecule has 0 aliphatic carbocycles. The van der Waals surface area contributed by atoms with Gasteiger partial charge in [-0.15, -0.1) is 6.58 Å². The van der Waals surface area contributed by atoms with Crippen LogP contribution in [0, 0.1) is 0 Å². The molecule has 0 bridgehead atoms. The Bertz CT molecular complexity index is 196. The van der Waals surface area contributed by atoms with Crippen LogP contribution in [0.5, 0.6) is 0 Å². The van der Waals surface area contributed by atoms with E-state index in [9.17, 15) is 9.59 Å². The maximum absolute atomic E-state index is 10.9. The number of carbonyl (C=O) groups excluding carboxylic acids is 2. The van der Waals surface area contributed by atoms with Crippen LogP contribution in [-0.2, 0) is 14.4 Å². The molecule has 1 heterocycles. The van der Waals surface area contributed by atoms with E-state index >= 15 is 0 Å². The average Bonchev–Trinajstić information content (AvgIpc) is 2.35. The summed E-state index contributed by atoms with van der Waals surface area (Å²) in [6.07, 6.45) is 2.85. The largest absolute Gasteiger partial charge is 0.272 e. The van der Waals surface area contributed by atoms with Gasteiger partial charge in [0.2, 0.25) is 0 Å². The van der Waals surface area contributed by atoms with E-state index in [-0.39, 0.29) is 24.7 Å². The summed E-state index contributed by atoms with van der Waals surface area (Å²) in [4.78, 5) is 26.8. The summed E-state index contributed by atoms with van der Waals surface area (Å²) in [5.41, 5.74) is 0. The average molecular weight is 169 g/mol. The zero-order chi connectivity index (χ0) is 8.97. The summed E-state index contributed by atoms with van der Waals surface area (Å²) in [5.74, 6) is -0.492. The molecular formula is C8H11NO3. The second kappa shape index (κ2) is 4.01. The van der Waals surface area contributed by atoms with Crippen LogP contribution in [-0.4, -0.2) is 23.5 Å². The molecular weight excluding hydrogens is 158 g/mol. The Morgan fingerprint density at radius 3 is 2.50 bits per heavy atom. The first-order chi connectivity index (χ1) is 5.75. The van der Waals surface area contributed by atoms with Crippen molar-refractivity contribution in [3.05, 3.63) is 12.7 Å². The number of hydrogen-bond acceptors (Lipinski definition) is 3. The van der Waals surface area contributed by atoms with Crippen molar-refractivity contribution in [1.29, 1.82) is 0 Å². The van der Waals surface area contributed by atoms with Crippen LogP contribution in [0.2, 0.25) is 0 Å². The van der Waals surface area contributed by atoms with E-state index in [0.29, 0.717) is 13.0 Å². The summed E-state index contributed by atoms with van der Waals surface area (Å²) in [5, 5.41) is 0.851. The van der Waals surface area contributed by atoms with E-state index in [1.54, 1.807) is 6.08 Å². The van der Waals surface area contributed by atoms with E-state index in [0.717, 1.165) is 5.06 Å². The van der Waals surface area contributed by atoms with Crippen LogP contribution >= 0.6 is 0 Å². The predicted molar refractivity (Wildman–Crippen MR) is 41.9 cm³/mol. The Balaban J connectivity index is 2.34. The molecule has 0 spiro atoms. The summed E-state index contributed by atoms with van der Waals surface area (Å²) < 4.78 is 0. The molecule has 4 heteroatoms. The molecule has 1 aliphatic heterocycles. The zero-order valence-corrected chi connectivity index (χ0v) is 6.78. The lowest BCUT2D eigenvalue weighted by Gasteiger charge is -2.11. The summed E-state index contributed by atoms with van der Waals surface area (Å²) in [7, 11) is 0. The van der Waals surface area contributed by atoms with Gasteiger partial charge in [-0.3, -0.25) is 14.4 Å². The highest BCUT2D eigenvalue weighted by Gasteiger charge is 2.29. The van der Waals surface area contributed by atoms with Gasteiger partial charge in [-0.1, -0.05) is 6.08 Å². The number of amides is 2. The molecule has 2 amide bonds. The van der Waals surface area contributed by atoms with Crippen molar-refractivity contribution in [3.63, 3.8) is 0 Å². The van der Waals surface area contributed by atoms with Crippen molar-refractivity contribution in [1.82, 2.24) is 5.06 Å². The molecule has 1 fully saturated rings. The number of rotatable bonds is 4. The highest BCUT2D eigenvalue weighted by atomic mass is 16.7. The smallest absolute Gasteiger partial charge is 0.253 e. The molecule has 0 unspecified atom stereocenters. The van der Waals surface area contributed by atoms with Gasteiger partial charge in [0.1, 0.15) is 0 Å². The topological polar surface area (TPSA) is 46.6 Å². The van der Waals surface area contributed by atoms with Crippen molar-refractivity contribution in [2.24, 2.45) is 0 Å². The number of nitrogens with zero attached hydrogens (tertiary/aromatic N) is 1. The number of imide groups is 1. The Morgan fingerprint density at radius 2 is 2.00 bits per heavy atom. The van der Waals surface area contributed by atoms with E-state index < -0.39 is 0 Å². The Labute approximate surface area is 70.7 Å². The first-order valence-electron chi connectivity index (χ1n) is 3.85. The lowest BCUT2D eigenvalue weighted by Crippen LogP contribution is -2.29. The number of hydrogen-bond donors (Lipinski definition) is 0. The molecule has 1 rings (SSSR count). The summed E-state index contributed by atoms with van der Waals surface area (Å²) in [6, 6.07) is 0. The monoisotopic (exact) mass is 169 g/mol. The SMILES string of the molecule is C=CCCON1C(=O)CCC1=O. The number of carbonyl (C=O) groups is 2. The van der Waals surface area contributed by atoms with Gasteiger partial charge < -0.3 is 0 Å². The second-order valence-corrected chi connectivity index (χ2v) is 2.49. The standard InChI is InChI=1S/C8H11NO3/c1-2-3-6-12-9-7(10)4-5-8(9)11/h2H,1,3-6H2. The molecule has 0 aromatic rings. The minimum Gasteiger partial charge on any atom is -0.272 e. The van der Waals surface area contributed by atoms with Crippen LogP contribution in [0.25, 0.3) is 0 Å². The van der Waals surface area contributed by atoms with Crippen LogP contribution in [0.4, 0.5) is 0 Å². The first kappa shape index (κ1) is 8.93. The van der Waals surface area contributed by atoms with E-state index in [2.05, 4.69) is 6.58 Å². The van der Waals surface area contributed by atoms with E-state index in [1.165, 1.54) is 0 Å². The summed E-state index contributed by atoms with van der Waals surface area (Å²) >= 11 is 0. The quantitative estimate of drug-likeness (QED) is 0.352. The lowest BCUT2D eigenvalue weighted by atomic mass is 10.4. The van der Waals surface area contributed by atoms with E-state index in [1.807, 2.05) is 0 Å². The fraction of sp³-hybridized carbons (Fsp3) is 0.500. The predicted octanol–water partition coefficient (Wildman–Crippen LogP) is 0.643. The van der Waals surface area contributed by atoms with Gasteiger partial charge in [0.05, 0.1) is 6.61 Å². The van der Waals surface area contributed by atoms with Gasteiger partial charge in [-0.25, -0.2) is 0 Å². The molecule has 1 saturated heterocycles. The Hall–Kier alpha value is -1.16. The van der Waals surface area contributed by atoms with Crippen LogP contribution in [0.1, 0.15) is 19.3 Å². The fourth-order valence-electron chi connectivity index (χ4n) is 0.927. The second-order valence-electron chi connectivity index (χ2n) is 2.49. The maximum atomic E-state index is 10.9. The van der Waals surface area contributed by atoms with Gasteiger partial charge in [-0.05, 0) is 6.42 Å². The number of hydroxylamine groups is 2. The van der Waals surface area contributed by atoms with Gasteiger partial charge in [0, 0.05) is 12.8 Å². The highest BCUT2D eigenvalue weighted by molar-refractivity contribution is 6.00. The van der Waals surface area contributed by atoms with Gasteiger partial charge in [0.25, 0.3) is 11.8 Å². The third kappa shape index (κ3) is 1.92. The van der Waals surface area contributed by atoms with Gasteiger partial charge in [-0.2, -0.15) is 5.06 Å². The van der Waals surface area contributed by atoms with Crippen molar-refractivity contribution >= 4 is 11.8 Å². The minimum absolute atomic E-state index is 0.246. The molecule has 12 heavy (non-hydrogen) atoms. The highest BCUT2D eigenvalue weighted by Crippen LogP contribution is 2.11. The molecule has 0 radical (unpaired) electrons. The molecule has 0 aromatic carbocycles. The Kier molecular flexibility index (Phi) is 2.99. The molecule has 1 aliphatic rings. The zero-order valence-electron chi connectivity index (χ0n) is 6.78. The van der Waals surface area contributed by atoms with Gasteiger partial charge in [0.15, 0.2) is 0 Å². The maximum Gasteiger partial charge on any atom is 0.253 e. The molecule has 0 N–H and O–H groups in total. The van der Waals surface area contributed by atoms with Crippen molar-refractivity contribution in [2.45, 2.75) is 19.3 Å². The van der Waals surface area contributed by atoms with Gasteiger partial charge >= 0.3 is 0 Å². The normalized spacial score (nSPS) is 17.2. The molecule has 0 saturated carbocycles. The third-order valence-corrected chi connectivity index (χ3v) is 1.55. The summed E-state index contributed by atoms with van der Waals surface area (Å²) in [6.45, 7) is 3.83. The molecule has 0 aromatic heterocycles. The van der Waals surface area contributed by atoms with E-state index in [4.69, 9.17) is 4.84 Å². The Morgan fingerprint density at radius 1 is 1.42 bits per heavy atom. The minimum atomic E-state index is -0.246. The molecule has 4 nitrogen and oxygen atoms in total. The van der Waals surface area contributed by atoms with Crippen molar-refractivity contribution in [2.75, 3.05) is 6.61 Å². The van der Waals surface area contributed by atoms with Crippen molar-refractivity contribution < 1.29 is 14.4 Å². The molecule has 0 atom stereocenters.